The van der Waals surface area contributed by atoms with Crippen LogP contribution in [0.3, 0.4) is 0 Å². The zero-order valence-corrected chi connectivity index (χ0v) is 9.77. The molecule has 0 spiro atoms. The van der Waals surface area contributed by atoms with Crippen molar-refractivity contribution in [1.82, 2.24) is 4.90 Å². The topological polar surface area (TPSA) is 40.5 Å². The molecule has 1 fully saturated rings. The molecule has 1 aromatic rings. The molecule has 0 radical (unpaired) electrons. The first-order valence-corrected chi connectivity index (χ1v) is 5.81. The molecule has 3 nitrogen and oxygen atoms in total. The molecule has 2 atom stereocenters. The average molecular weight is 237 g/mol. The van der Waals surface area contributed by atoms with E-state index in [1.807, 2.05) is 11.8 Å². The van der Waals surface area contributed by atoms with Crippen LogP contribution in [0.5, 0.6) is 0 Å². The molecular formula is C13H16FNO2. The van der Waals surface area contributed by atoms with Crippen LogP contribution in [-0.2, 0) is 4.79 Å². The first-order valence-electron chi connectivity index (χ1n) is 5.81. The second kappa shape index (κ2) is 4.84. The Morgan fingerprint density at radius 2 is 2.24 bits per heavy atom. The monoisotopic (exact) mass is 237 g/mol. The fraction of sp³-hybridized carbons (Fsp3) is 0.462. The first-order chi connectivity index (χ1) is 8.09. The number of nitrogens with zero attached hydrogens (tertiary/aromatic N) is 1. The maximum Gasteiger partial charge on any atom is 0.307 e. The summed E-state index contributed by atoms with van der Waals surface area (Å²) in [6.07, 6.45) is 0.647. The summed E-state index contributed by atoms with van der Waals surface area (Å²) in [5.41, 5.74) is 0.638. The van der Waals surface area contributed by atoms with Crippen molar-refractivity contribution in [3.8, 4) is 0 Å². The quantitative estimate of drug-likeness (QED) is 0.876. The van der Waals surface area contributed by atoms with E-state index in [0.29, 0.717) is 25.1 Å². The molecule has 2 rings (SSSR count). The van der Waals surface area contributed by atoms with Crippen LogP contribution in [0.15, 0.2) is 24.3 Å². The molecule has 4 heteroatoms. The standard InChI is InChI=1S/C13H16FNO2/c1-9(11-4-2-3-5-12(11)14)15-7-6-10(8-15)13(16)17/h2-5,9-10H,6-8H2,1H3,(H,16,17)/t9-,10-/m0/s1. The van der Waals surface area contributed by atoms with Gasteiger partial charge in [-0.05, 0) is 26.0 Å². The van der Waals surface area contributed by atoms with Crippen LogP contribution in [0.2, 0.25) is 0 Å². The molecule has 0 amide bonds. The Hall–Kier alpha value is -1.42. The van der Waals surface area contributed by atoms with Crippen LogP contribution in [0, 0.1) is 11.7 Å². The highest BCUT2D eigenvalue weighted by Gasteiger charge is 2.31. The highest BCUT2D eigenvalue weighted by Crippen LogP contribution is 2.28. The molecule has 92 valence electrons. The van der Waals surface area contributed by atoms with E-state index >= 15 is 0 Å². The van der Waals surface area contributed by atoms with Crippen LogP contribution in [0.1, 0.15) is 24.9 Å². The number of likely N-dealkylation sites (tertiary alicyclic amines) is 1. The van der Waals surface area contributed by atoms with Crippen molar-refractivity contribution in [2.45, 2.75) is 19.4 Å². The van der Waals surface area contributed by atoms with Gasteiger partial charge in [-0.3, -0.25) is 9.69 Å². The number of benzene rings is 1. The zero-order chi connectivity index (χ0) is 12.4. The van der Waals surface area contributed by atoms with Crippen molar-refractivity contribution in [2.75, 3.05) is 13.1 Å². The van der Waals surface area contributed by atoms with Gasteiger partial charge in [0.05, 0.1) is 5.92 Å². The summed E-state index contributed by atoms with van der Waals surface area (Å²) < 4.78 is 13.6. The third kappa shape index (κ3) is 2.47. The Morgan fingerprint density at radius 3 is 2.82 bits per heavy atom. The van der Waals surface area contributed by atoms with Crippen molar-refractivity contribution in [3.63, 3.8) is 0 Å². The summed E-state index contributed by atoms with van der Waals surface area (Å²) >= 11 is 0. The van der Waals surface area contributed by atoms with Crippen LogP contribution in [0.25, 0.3) is 0 Å². The number of carboxylic acids is 1. The number of carbonyl (C=O) groups is 1. The van der Waals surface area contributed by atoms with Crippen molar-refractivity contribution in [3.05, 3.63) is 35.6 Å². The van der Waals surface area contributed by atoms with Crippen molar-refractivity contribution < 1.29 is 14.3 Å². The fourth-order valence-corrected chi connectivity index (χ4v) is 2.35. The van der Waals surface area contributed by atoms with Crippen molar-refractivity contribution in [2.24, 2.45) is 5.92 Å². The van der Waals surface area contributed by atoms with Crippen LogP contribution in [-0.4, -0.2) is 29.1 Å². The Morgan fingerprint density at radius 1 is 1.53 bits per heavy atom. The third-order valence-electron chi connectivity index (χ3n) is 3.47. The molecule has 1 heterocycles. The Balaban J connectivity index is 2.09. The van der Waals surface area contributed by atoms with Gasteiger partial charge in [0.2, 0.25) is 0 Å². The van der Waals surface area contributed by atoms with Crippen LogP contribution < -0.4 is 0 Å². The summed E-state index contributed by atoms with van der Waals surface area (Å²) in [5.74, 6) is -1.30. The van der Waals surface area contributed by atoms with Gasteiger partial charge in [0.1, 0.15) is 5.82 Å². The Bertz CT molecular complexity index is 422. The Labute approximate surface area is 99.9 Å². The molecule has 0 aliphatic carbocycles. The van der Waals surface area contributed by atoms with Crippen LogP contribution in [0.4, 0.5) is 4.39 Å². The minimum absolute atomic E-state index is 0.0689. The zero-order valence-electron chi connectivity index (χ0n) is 9.77. The summed E-state index contributed by atoms with van der Waals surface area (Å²) in [7, 11) is 0. The van der Waals surface area contributed by atoms with Gasteiger partial charge in [-0.2, -0.15) is 0 Å². The van der Waals surface area contributed by atoms with E-state index in [1.165, 1.54) is 6.07 Å². The predicted molar refractivity (Wildman–Crippen MR) is 62.1 cm³/mol. The van der Waals surface area contributed by atoms with Crippen LogP contribution >= 0.6 is 0 Å². The number of hydrogen-bond donors (Lipinski definition) is 1. The Kier molecular flexibility index (Phi) is 3.43. The normalized spacial score (nSPS) is 22.6. The van der Waals surface area contributed by atoms with Crippen molar-refractivity contribution in [1.29, 1.82) is 0 Å². The largest absolute Gasteiger partial charge is 0.481 e. The molecule has 1 saturated heterocycles. The number of carboxylic acid groups (broad SMARTS) is 1. The molecule has 0 saturated carbocycles. The summed E-state index contributed by atoms with van der Waals surface area (Å²) in [6, 6.07) is 6.60. The number of rotatable bonds is 3. The van der Waals surface area contributed by atoms with Gasteiger partial charge in [0.25, 0.3) is 0 Å². The third-order valence-corrected chi connectivity index (χ3v) is 3.47. The van der Waals surface area contributed by atoms with Gasteiger partial charge in [-0.25, -0.2) is 4.39 Å². The lowest BCUT2D eigenvalue weighted by Crippen LogP contribution is -2.26. The molecule has 0 bridgehead atoms. The van der Waals surface area contributed by atoms with Gasteiger partial charge >= 0.3 is 5.97 Å². The van der Waals surface area contributed by atoms with Gasteiger partial charge < -0.3 is 5.11 Å². The van der Waals surface area contributed by atoms with Crippen molar-refractivity contribution >= 4 is 5.97 Å². The van der Waals surface area contributed by atoms with E-state index in [2.05, 4.69) is 0 Å². The highest BCUT2D eigenvalue weighted by atomic mass is 19.1. The first kappa shape index (κ1) is 12.0. The minimum Gasteiger partial charge on any atom is -0.481 e. The minimum atomic E-state index is -0.756. The summed E-state index contributed by atoms with van der Waals surface area (Å²) in [4.78, 5) is 12.9. The fourth-order valence-electron chi connectivity index (χ4n) is 2.35. The maximum atomic E-state index is 13.6. The van der Waals surface area contributed by atoms with E-state index in [4.69, 9.17) is 5.11 Å². The van der Waals surface area contributed by atoms with E-state index < -0.39 is 5.97 Å². The smallest absolute Gasteiger partial charge is 0.307 e. The van der Waals surface area contributed by atoms with E-state index in [1.54, 1.807) is 18.2 Å². The second-order valence-electron chi connectivity index (χ2n) is 4.52. The summed E-state index contributed by atoms with van der Waals surface area (Å²) in [5, 5.41) is 8.94. The maximum absolute atomic E-state index is 13.6. The molecular weight excluding hydrogens is 221 g/mol. The molecule has 1 aliphatic rings. The molecule has 0 unspecified atom stereocenters. The van der Waals surface area contributed by atoms with Gasteiger partial charge in [-0.1, -0.05) is 18.2 Å². The van der Waals surface area contributed by atoms with Gasteiger partial charge in [0.15, 0.2) is 0 Å². The lowest BCUT2D eigenvalue weighted by atomic mass is 10.1. The summed E-state index contributed by atoms with van der Waals surface area (Å²) in [6.45, 7) is 3.14. The molecule has 17 heavy (non-hydrogen) atoms. The molecule has 1 N–H and O–H groups in total. The molecule has 1 aromatic carbocycles. The lowest BCUT2D eigenvalue weighted by Gasteiger charge is -2.24. The van der Waals surface area contributed by atoms with Gasteiger partial charge in [-0.15, -0.1) is 0 Å². The lowest BCUT2D eigenvalue weighted by molar-refractivity contribution is -0.141. The number of halogens is 1. The molecule has 1 aliphatic heterocycles. The average Bonchev–Trinajstić information content (AvgIpc) is 2.78. The molecule has 0 aromatic heterocycles. The number of hydrogen-bond acceptors (Lipinski definition) is 2. The van der Waals surface area contributed by atoms with E-state index in [0.717, 1.165) is 0 Å². The van der Waals surface area contributed by atoms with E-state index in [-0.39, 0.29) is 17.8 Å². The highest BCUT2D eigenvalue weighted by molar-refractivity contribution is 5.70. The van der Waals surface area contributed by atoms with E-state index in [9.17, 15) is 9.18 Å². The SMILES string of the molecule is C[C@@H](c1ccccc1F)N1CC[C@H](C(=O)O)C1. The van der Waals surface area contributed by atoms with Gasteiger partial charge in [0, 0.05) is 18.2 Å². The second-order valence-corrected chi connectivity index (χ2v) is 4.52. The number of aliphatic carboxylic acids is 1. The predicted octanol–water partition coefficient (Wildman–Crippen LogP) is 2.29.